The fourth-order valence-electron chi connectivity index (χ4n) is 3.23. The number of imide groups is 1. The smallest absolute Gasteiger partial charge is 0.387 e. The van der Waals surface area contributed by atoms with E-state index in [-0.39, 0.29) is 29.3 Å². The number of amides is 3. The topological polar surface area (TPSA) is 103 Å². The average molecular weight is 508 g/mol. The number of hydrogen-bond acceptors (Lipinski definition) is 8. The first-order chi connectivity index (χ1) is 16.8. The molecule has 0 unspecified atom stereocenters. The minimum Gasteiger partial charge on any atom is -0.493 e. The highest BCUT2D eigenvalue weighted by Crippen LogP contribution is 2.40. The average Bonchev–Trinajstić information content (AvgIpc) is 3.10. The molecule has 0 atom stereocenters. The van der Waals surface area contributed by atoms with Crippen LogP contribution < -0.4 is 24.3 Å². The molecule has 9 nitrogen and oxygen atoms in total. The quantitative estimate of drug-likeness (QED) is 0.484. The number of methoxy groups -OCH3 is 3. The standard InChI is InChI=1S/C23H22F2N2O7S/c1-31-16-9-13(10-17(32-2)19(16)33-3)11-18-21(29)27(23(30)35-18)8-7-26-20(28)14-5-4-6-15(12-14)34-22(24)25/h4-6,9-12,22H,7-8H2,1-3H3,(H,26,28)/b18-11+. The van der Waals surface area contributed by atoms with Crippen LogP contribution in [-0.4, -0.2) is 63.0 Å². The Morgan fingerprint density at radius 1 is 1.09 bits per heavy atom. The van der Waals surface area contributed by atoms with Gasteiger partial charge in [0.2, 0.25) is 5.75 Å². The van der Waals surface area contributed by atoms with Gasteiger partial charge in [0.05, 0.1) is 26.2 Å². The van der Waals surface area contributed by atoms with Crippen molar-refractivity contribution in [2.24, 2.45) is 0 Å². The maximum Gasteiger partial charge on any atom is 0.387 e. The van der Waals surface area contributed by atoms with Gasteiger partial charge >= 0.3 is 6.61 Å². The van der Waals surface area contributed by atoms with Gasteiger partial charge in [-0.05, 0) is 53.7 Å². The van der Waals surface area contributed by atoms with E-state index in [0.29, 0.717) is 22.8 Å². The van der Waals surface area contributed by atoms with Gasteiger partial charge in [-0.2, -0.15) is 8.78 Å². The maximum absolute atomic E-state index is 12.8. The molecule has 3 rings (SSSR count). The van der Waals surface area contributed by atoms with Gasteiger partial charge in [0.15, 0.2) is 11.5 Å². The molecule has 2 aromatic rings. The molecule has 1 aliphatic rings. The summed E-state index contributed by atoms with van der Waals surface area (Å²) in [6.07, 6.45) is 1.53. The Hall–Kier alpha value is -3.80. The van der Waals surface area contributed by atoms with E-state index in [1.54, 1.807) is 12.1 Å². The molecule has 12 heteroatoms. The van der Waals surface area contributed by atoms with E-state index in [1.165, 1.54) is 51.7 Å². The fraction of sp³-hybridized carbons (Fsp3) is 0.261. The fourth-order valence-corrected chi connectivity index (χ4v) is 4.09. The summed E-state index contributed by atoms with van der Waals surface area (Å²) in [5.74, 6) is -0.0658. The molecule has 186 valence electrons. The van der Waals surface area contributed by atoms with Crippen molar-refractivity contribution in [1.82, 2.24) is 10.2 Å². The van der Waals surface area contributed by atoms with Crippen molar-refractivity contribution in [2.45, 2.75) is 6.61 Å². The van der Waals surface area contributed by atoms with Crippen LogP contribution in [0, 0.1) is 0 Å². The van der Waals surface area contributed by atoms with Crippen LogP contribution >= 0.6 is 11.8 Å². The molecule has 1 N–H and O–H groups in total. The monoisotopic (exact) mass is 508 g/mol. The summed E-state index contributed by atoms with van der Waals surface area (Å²) in [6, 6.07) is 8.57. The van der Waals surface area contributed by atoms with Gasteiger partial charge in [-0.1, -0.05) is 6.07 Å². The zero-order valence-corrected chi connectivity index (χ0v) is 19.8. The molecule has 1 heterocycles. The summed E-state index contributed by atoms with van der Waals surface area (Å²) < 4.78 is 44.9. The Morgan fingerprint density at radius 2 is 1.77 bits per heavy atom. The molecule has 1 saturated heterocycles. The SMILES string of the molecule is COc1cc(/C=C2/SC(=O)N(CCNC(=O)c3cccc(OC(F)F)c3)C2=O)cc(OC)c1OC. The minimum atomic E-state index is -3.01. The number of nitrogens with one attached hydrogen (secondary N) is 1. The van der Waals surface area contributed by atoms with Gasteiger partial charge in [-0.25, -0.2) is 0 Å². The first kappa shape index (κ1) is 25.8. The zero-order valence-electron chi connectivity index (χ0n) is 19.0. The number of thioether (sulfide) groups is 1. The van der Waals surface area contributed by atoms with E-state index in [0.717, 1.165) is 16.7 Å². The van der Waals surface area contributed by atoms with Gasteiger partial charge in [0.25, 0.3) is 17.1 Å². The number of hydrogen-bond donors (Lipinski definition) is 1. The Bertz CT molecular complexity index is 1130. The molecule has 3 amide bonds. The number of ether oxygens (including phenoxy) is 4. The van der Waals surface area contributed by atoms with Gasteiger partial charge < -0.3 is 24.3 Å². The Labute approximate surface area is 204 Å². The van der Waals surface area contributed by atoms with E-state index < -0.39 is 23.7 Å². The number of nitrogens with zero attached hydrogens (tertiary/aromatic N) is 1. The maximum atomic E-state index is 12.8. The number of carbonyl (C=O) groups is 3. The lowest BCUT2D eigenvalue weighted by molar-refractivity contribution is -0.122. The predicted molar refractivity (Wildman–Crippen MR) is 124 cm³/mol. The molecule has 1 aliphatic heterocycles. The van der Waals surface area contributed by atoms with E-state index in [9.17, 15) is 23.2 Å². The molecule has 35 heavy (non-hydrogen) atoms. The summed E-state index contributed by atoms with van der Waals surface area (Å²) >= 11 is 0.762. The summed E-state index contributed by atoms with van der Waals surface area (Å²) in [5, 5.41) is 2.06. The lowest BCUT2D eigenvalue weighted by atomic mass is 10.1. The molecule has 2 aromatic carbocycles. The van der Waals surface area contributed by atoms with Crippen LogP contribution in [0.3, 0.4) is 0 Å². The molecule has 0 bridgehead atoms. The van der Waals surface area contributed by atoms with Crippen LogP contribution in [0.25, 0.3) is 6.08 Å². The number of carbonyl (C=O) groups excluding carboxylic acids is 3. The van der Waals surface area contributed by atoms with Gasteiger partial charge in [-0.3, -0.25) is 19.3 Å². The Morgan fingerprint density at radius 3 is 2.37 bits per heavy atom. The molecule has 0 aliphatic carbocycles. The second kappa shape index (κ2) is 11.6. The third kappa shape index (κ3) is 6.21. The van der Waals surface area contributed by atoms with Crippen LogP contribution in [0.5, 0.6) is 23.0 Å². The summed E-state index contributed by atoms with van der Waals surface area (Å²) in [5.41, 5.74) is 0.656. The largest absolute Gasteiger partial charge is 0.493 e. The second-order valence-electron chi connectivity index (χ2n) is 6.95. The number of alkyl halides is 2. The van der Waals surface area contributed by atoms with Crippen molar-refractivity contribution in [3.05, 3.63) is 52.4 Å². The van der Waals surface area contributed by atoms with Crippen LogP contribution in [0.1, 0.15) is 15.9 Å². The summed E-state index contributed by atoms with van der Waals surface area (Å²) in [7, 11) is 4.40. The highest BCUT2D eigenvalue weighted by atomic mass is 32.2. The number of halogens is 2. The van der Waals surface area contributed by atoms with Gasteiger partial charge in [0, 0.05) is 18.7 Å². The first-order valence-corrected chi connectivity index (χ1v) is 11.0. The van der Waals surface area contributed by atoms with Gasteiger partial charge in [0.1, 0.15) is 5.75 Å². The van der Waals surface area contributed by atoms with E-state index in [4.69, 9.17) is 14.2 Å². The van der Waals surface area contributed by atoms with Crippen molar-refractivity contribution in [3.63, 3.8) is 0 Å². The number of rotatable bonds is 10. The van der Waals surface area contributed by atoms with Crippen molar-refractivity contribution in [1.29, 1.82) is 0 Å². The molecule has 0 spiro atoms. The summed E-state index contributed by atoms with van der Waals surface area (Å²) in [6.45, 7) is -3.12. The molecule has 0 saturated carbocycles. The zero-order chi connectivity index (χ0) is 25.5. The lowest BCUT2D eigenvalue weighted by Crippen LogP contribution is -2.37. The normalized spacial score (nSPS) is 14.5. The highest BCUT2D eigenvalue weighted by molar-refractivity contribution is 8.18. The molecule has 0 aromatic heterocycles. The van der Waals surface area contributed by atoms with E-state index >= 15 is 0 Å². The van der Waals surface area contributed by atoms with Crippen LogP contribution in [-0.2, 0) is 4.79 Å². The van der Waals surface area contributed by atoms with Crippen molar-refractivity contribution in [3.8, 4) is 23.0 Å². The molecule has 1 fully saturated rings. The Kier molecular flexibility index (Phi) is 8.53. The van der Waals surface area contributed by atoms with Crippen LogP contribution in [0.15, 0.2) is 41.3 Å². The van der Waals surface area contributed by atoms with Crippen LogP contribution in [0.4, 0.5) is 13.6 Å². The lowest BCUT2D eigenvalue weighted by Gasteiger charge is -2.14. The predicted octanol–water partition coefficient (Wildman–Crippen LogP) is 3.78. The van der Waals surface area contributed by atoms with Gasteiger partial charge in [-0.15, -0.1) is 0 Å². The third-order valence-electron chi connectivity index (χ3n) is 4.80. The molecular formula is C23H22F2N2O7S. The molecular weight excluding hydrogens is 486 g/mol. The Balaban J connectivity index is 1.65. The third-order valence-corrected chi connectivity index (χ3v) is 5.71. The van der Waals surface area contributed by atoms with Crippen molar-refractivity contribution < 1.29 is 42.1 Å². The molecule has 0 radical (unpaired) electrons. The van der Waals surface area contributed by atoms with Crippen molar-refractivity contribution >= 4 is 34.9 Å². The van der Waals surface area contributed by atoms with E-state index in [2.05, 4.69) is 10.1 Å². The number of benzene rings is 2. The van der Waals surface area contributed by atoms with Crippen molar-refractivity contribution in [2.75, 3.05) is 34.4 Å². The van der Waals surface area contributed by atoms with E-state index in [1.807, 2.05) is 0 Å². The van der Waals surface area contributed by atoms with Crippen LogP contribution in [0.2, 0.25) is 0 Å². The first-order valence-electron chi connectivity index (χ1n) is 10.2. The minimum absolute atomic E-state index is 0.0335. The summed E-state index contributed by atoms with van der Waals surface area (Å²) in [4.78, 5) is 38.7. The highest BCUT2D eigenvalue weighted by Gasteiger charge is 2.34. The second-order valence-corrected chi connectivity index (χ2v) is 7.95.